The number of anilines is 2. The molecule has 4 aromatic rings. The maximum absolute atomic E-state index is 14.4. The summed E-state index contributed by atoms with van der Waals surface area (Å²) >= 11 is 0. The molecule has 0 aromatic heterocycles. The molecule has 9 nitrogen and oxygen atoms in total. The normalized spacial score (nSPS) is 22.8. The lowest BCUT2D eigenvalue weighted by Crippen LogP contribution is -2.47. The van der Waals surface area contributed by atoms with Gasteiger partial charge in [-0.05, 0) is 72.0 Å². The number of hydrogen-bond donors (Lipinski definition) is 2. The van der Waals surface area contributed by atoms with E-state index in [4.69, 9.17) is 9.47 Å². The largest absolute Gasteiger partial charge is 0.497 e. The Labute approximate surface area is 280 Å². The SMILES string of the molecule is COc1ccc(C(=O)Nc2ccc(CN3C(=O)[C@@]4(O[C@@H](CC(=O)N5Cc6ccccc6C[C@H]5CO)C[C@H]4C)c4ccccc43)cc2)cc1. The van der Waals surface area contributed by atoms with Crippen LogP contribution < -0.4 is 15.0 Å². The predicted molar refractivity (Wildman–Crippen MR) is 182 cm³/mol. The zero-order chi connectivity index (χ0) is 33.4. The van der Waals surface area contributed by atoms with Crippen LogP contribution in [0.2, 0.25) is 0 Å². The highest BCUT2D eigenvalue weighted by molar-refractivity contribution is 6.07. The van der Waals surface area contributed by atoms with Crippen molar-refractivity contribution in [3.05, 3.63) is 125 Å². The lowest BCUT2D eigenvalue weighted by Gasteiger charge is -2.36. The van der Waals surface area contributed by atoms with Gasteiger partial charge in [-0.25, -0.2) is 0 Å². The fourth-order valence-corrected chi connectivity index (χ4v) is 7.48. The minimum absolute atomic E-state index is 0.0763. The number of para-hydroxylation sites is 1. The fourth-order valence-electron chi connectivity index (χ4n) is 7.48. The zero-order valence-electron chi connectivity index (χ0n) is 27.1. The van der Waals surface area contributed by atoms with Crippen LogP contribution in [0.15, 0.2) is 97.1 Å². The van der Waals surface area contributed by atoms with Gasteiger partial charge in [0.1, 0.15) is 5.75 Å². The summed E-state index contributed by atoms with van der Waals surface area (Å²) in [5.41, 5.74) is 4.75. The van der Waals surface area contributed by atoms with Gasteiger partial charge in [-0.3, -0.25) is 14.4 Å². The van der Waals surface area contributed by atoms with Gasteiger partial charge >= 0.3 is 0 Å². The number of benzene rings is 4. The van der Waals surface area contributed by atoms with E-state index in [0.717, 1.165) is 27.9 Å². The first-order valence-corrected chi connectivity index (χ1v) is 16.4. The van der Waals surface area contributed by atoms with Crippen molar-refractivity contribution < 1.29 is 29.0 Å². The molecule has 0 radical (unpaired) electrons. The van der Waals surface area contributed by atoms with Crippen LogP contribution in [0.5, 0.6) is 5.75 Å². The Hall–Kier alpha value is -4.99. The molecular weight excluding hydrogens is 606 g/mol. The molecule has 0 saturated carbocycles. The van der Waals surface area contributed by atoms with Crippen LogP contribution >= 0.6 is 0 Å². The molecule has 3 aliphatic rings. The maximum Gasteiger partial charge on any atom is 0.264 e. The van der Waals surface area contributed by atoms with Gasteiger partial charge in [0.05, 0.1) is 44.5 Å². The molecule has 3 heterocycles. The third kappa shape index (κ3) is 5.63. The van der Waals surface area contributed by atoms with Crippen LogP contribution in [0, 0.1) is 5.92 Å². The Kier molecular flexibility index (Phi) is 8.49. The monoisotopic (exact) mass is 645 g/mol. The highest BCUT2D eigenvalue weighted by Crippen LogP contribution is 2.53. The molecule has 246 valence electrons. The number of aliphatic hydroxyl groups is 1. The topological polar surface area (TPSA) is 108 Å². The third-order valence-corrected chi connectivity index (χ3v) is 10.0. The highest BCUT2D eigenvalue weighted by atomic mass is 16.5. The Bertz CT molecular complexity index is 1840. The van der Waals surface area contributed by atoms with Gasteiger partial charge in [0.2, 0.25) is 5.91 Å². The van der Waals surface area contributed by atoms with Crippen LogP contribution in [-0.4, -0.2) is 53.6 Å². The van der Waals surface area contributed by atoms with Gasteiger partial charge in [0, 0.05) is 29.3 Å². The van der Waals surface area contributed by atoms with Crippen molar-refractivity contribution in [1.82, 2.24) is 4.90 Å². The summed E-state index contributed by atoms with van der Waals surface area (Å²) in [6.07, 6.45) is 0.885. The van der Waals surface area contributed by atoms with E-state index in [0.29, 0.717) is 42.9 Å². The second-order valence-electron chi connectivity index (χ2n) is 12.9. The van der Waals surface area contributed by atoms with E-state index in [9.17, 15) is 19.5 Å². The zero-order valence-corrected chi connectivity index (χ0v) is 27.1. The van der Waals surface area contributed by atoms with Gasteiger partial charge in [-0.2, -0.15) is 0 Å². The molecule has 48 heavy (non-hydrogen) atoms. The van der Waals surface area contributed by atoms with E-state index in [-0.39, 0.29) is 42.7 Å². The number of fused-ring (bicyclic) bond motifs is 3. The smallest absolute Gasteiger partial charge is 0.264 e. The van der Waals surface area contributed by atoms with Crippen molar-refractivity contribution in [1.29, 1.82) is 0 Å². The maximum atomic E-state index is 14.4. The van der Waals surface area contributed by atoms with E-state index < -0.39 is 11.7 Å². The minimum atomic E-state index is -1.18. The Balaban J connectivity index is 1.05. The van der Waals surface area contributed by atoms with Crippen molar-refractivity contribution in [2.75, 3.05) is 23.9 Å². The number of rotatable bonds is 8. The van der Waals surface area contributed by atoms with Crippen LogP contribution in [0.1, 0.15) is 52.4 Å². The lowest BCUT2D eigenvalue weighted by atomic mass is 9.83. The fraction of sp³-hybridized carbons (Fsp3) is 0.308. The highest BCUT2D eigenvalue weighted by Gasteiger charge is 2.60. The van der Waals surface area contributed by atoms with Crippen molar-refractivity contribution in [3.8, 4) is 5.75 Å². The summed E-state index contributed by atoms with van der Waals surface area (Å²) in [4.78, 5) is 44.4. The summed E-state index contributed by atoms with van der Waals surface area (Å²) in [7, 11) is 1.58. The number of carbonyl (C=O) groups is 3. The number of hydrogen-bond acceptors (Lipinski definition) is 6. The molecule has 4 aromatic carbocycles. The Morgan fingerprint density at radius 2 is 1.67 bits per heavy atom. The van der Waals surface area contributed by atoms with Gasteiger partial charge in [0.25, 0.3) is 11.8 Å². The predicted octanol–water partition coefficient (Wildman–Crippen LogP) is 5.45. The number of amides is 3. The lowest BCUT2D eigenvalue weighted by molar-refractivity contribution is -0.151. The molecule has 1 saturated heterocycles. The second kappa shape index (κ2) is 12.9. The molecule has 1 fully saturated rings. The molecule has 0 aliphatic carbocycles. The van der Waals surface area contributed by atoms with Crippen molar-refractivity contribution in [2.45, 2.75) is 57.0 Å². The van der Waals surface area contributed by atoms with Crippen LogP contribution in [0.4, 0.5) is 11.4 Å². The molecule has 0 unspecified atom stereocenters. The molecule has 9 heteroatoms. The molecule has 3 aliphatic heterocycles. The standard InChI is InChI=1S/C39H39N3O6/c1-25-19-33(21-36(44)41-23-29-8-4-3-7-28(29)20-31(41)24-43)48-39(25)34-9-5-6-10-35(34)42(38(39)46)22-26-11-15-30(16-12-26)40-37(45)27-13-17-32(47-2)18-14-27/h3-18,25,31,33,43H,19-24H2,1-2H3,(H,40,45)/t25-,31+,33-,39+/m1/s1. The summed E-state index contributed by atoms with van der Waals surface area (Å²) in [5.74, 6) is 0.0848. The summed E-state index contributed by atoms with van der Waals surface area (Å²) in [6, 6.07) is 29.8. The first-order valence-electron chi connectivity index (χ1n) is 16.4. The molecule has 7 rings (SSSR count). The van der Waals surface area contributed by atoms with Gasteiger partial charge < -0.3 is 29.7 Å². The van der Waals surface area contributed by atoms with Gasteiger partial charge in [-0.15, -0.1) is 0 Å². The van der Waals surface area contributed by atoms with Gasteiger partial charge in [0.15, 0.2) is 5.60 Å². The quantitative estimate of drug-likeness (QED) is 0.264. The van der Waals surface area contributed by atoms with E-state index in [2.05, 4.69) is 11.4 Å². The van der Waals surface area contributed by atoms with Crippen LogP contribution in [0.3, 0.4) is 0 Å². The van der Waals surface area contributed by atoms with E-state index >= 15 is 0 Å². The van der Waals surface area contributed by atoms with Crippen molar-refractivity contribution in [3.63, 3.8) is 0 Å². The first-order chi connectivity index (χ1) is 23.3. The minimum Gasteiger partial charge on any atom is -0.497 e. The number of aliphatic hydroxyl groups excluding tert-OH is 1. The Morgan fingerprint density at radius 1 is 0.958 bits per heavy atom. The van der Waals surface area contributed by atoms with Crippen LogP contribution in [-0.2, 0) is 39.4 Å². The number of nitrogens with one attached hydrogen (secondary N) is 1. The Morgan fingerprint density at radius 3 is 2.40 bits per heavy atom. The summed E-state index contributed by atoms with van der Waals surface area (Å²) < 4.78 is 11.9. The second-order valence-corrected chi connectivity index (χ2v) is 12.9. The number of methoxy groups -OCH3 is 1. The van der Waals surface area contributed by atoms with Gasteiger partial charge in [-0.1, -0.05) is 61.5 Å². The van der Waals surface area contributed by atoms with Crippen molar-refractivity contribution in [2.24, 2.45) is 5.92 Å². The van der Waals surface area contributed by atoms with Crippen molar-refractivity contribution >= 4 is 29.1 Å². The van der Waals surface area contributed by atoms with E-state index in [1.165, 1.54) is 0 Å². The average molecular weight is 646 g/mol. The summed E-state index contributed by atoms with van der Waals surface area (Å²) in [5, 5.41) is 13.0. The number of nitrogens with zero attached hydrogens (tertiary/aromatic N) is 2. The number of carbonyl (C=O) groups excluding carboxylic acids is 3. The van der Waals surface area contributed by atoms with Crippen LogP contribution in [0.25, 0.3) is 0 Å². The molecule has 4 atom stereocenters. The molecule has 3 amide bonds. The number of ether oxygens (including phenoxy) is 2. The molecule has 1 spiro atoms. The average Bonchev–Trinajstić information content (AvgIpc) is 3.57. The summed E-state index contributed by atoms with van der Waals surface area (Å²) in [6.45, 7) is 2.70. The third-order valence-electron chi connectivity index (χ3n) is 10.0. The molecule has 2 N–H and O–H groups in total. The molecular formula is C39H39N3O6. The first kappa shape index (κ1) is 31.6. The molecule has 0 bridgehead atoms. The van der Waals surface area contributed by atoms with E-state index in [1.807, 2.05) is 73.7 Å². The van der Waals surface area contributed by atoms with E-state index in [1.54, 1.807) is 41.2 Å².